The summed E-state index contributed by atoms with van der Waals surface area (Å²) in [6, 6.07) is 7.48. The van der Waals surface area contributed by atoms with Crippen LogP contribution in [0, 0.1) is 6.54 Å². The molecule has 0 spiro atoms. The van der Waals surface area contributed by atoms with Gasteiger partial charge in [0.25, 0.3) is 0 Å². The maximum Gasteiger partial charge on any atom is 0.239 e. The molecule has 67 valence electrons. The molecule has 1 aliphatic rings. The fourth-order valence-electron chi connectivity index (χ4n) is 1.61. The largest absolute Gasteiger partial charge is 0.368 e. The van der Waals surface area contributed by atoms with Crippen LogP contribution in [0.3, 0.4) is 0 Å². The lowest BCUT2D eigenvalue weighted by atomic mass is 9.94. The first-order valence-electron chi connectivity index (χ1n) is 4.24. The Hall–Kier alpha value is -1.35. The molecule has 0 saturated heterocycles. The SMILES string of the molecule is NC(=O)C1N[CH]Cc2ccccc21. The molecule has 1 amide bonds. The van der Waals surface area contributed by atoms with Gasteiger partial charge in [0.2, 0.25) is 5.91 Å². The Bertz CT molecular complexity index is 335. The third kappa shape index (κ3) is 1.42. The molecule has 1 unspecified atom stereocenters. The molecule has 1 radical (unpaired) electrons. The van der Waals surface area contributed by atoms with Crippen LogP contribution in [0.1, 0.15) is 17.2 Å². The molecule has 1 heterocycles. The van der Waals surface area contributed by atoms with E-state index in [9.17, 15) is 4.79 Å². The van der Waals surface area contributed by atoms with Crippen LogP contribution in [0.2, 0.25) is 0 Å². The van der Waals surface area contributed by atoms with Gasteiger partial charge in [0.05, 0.1) is 0 Å². The van der Waals surface area contributed by atoms with E-state index >= 15 is 0 Å². The van der Waals surface area contributed by atoms with Crippen molar-refractivity contribution in [2.45, 2.75) is 12.5 Å². The summed E-state index contributed by atoms with van der Waals surface area (Å²) < 4.78 is 0. The molecule has 1 atom stereocenters. The number of rotatable bonds is 1. The van der Waals surface area contributed by atoms with Crippen molar-refractivity contribution < 1.29 is 4.79 Å². The summed E-state index contributed by atoms with van der Waals surface area (Å²) in [5.74, 6) is -0.330. The van der Waals surface area contributed by atoms with E-state index in [1.54, 1.807) is 0 Å². The normalized spacial score (nSPS) is 20.8. The number of hydrogen-bond acceptors (Lipinski definition) is 2. The highest BCUT2D eigenvalue weighted by Gasteiger charge is 2.23. The second-order valence-corrected chi connectivity index (χ2v) is 3.11. The van der Waals surface area contributed by atoms with Gasteiger partial charge in [-0.05, 0) is 17.5 Å². The summed E-state index contributed by atoms with van der Waals surface area (Å²) in [6.07, 6.45) is 0.847. The second kappa shape index (κ2) is 3.18. The molecule has 2 rings (SSSR count). The Labute approximate surface area is 76.9 Å². The summed E-state index contributed by atoms with van der Waals surface area (Å²) in [7, 11) is 0. The van der Waals surface area contributed by atoms with Crippen LogP contribution in [-0.4, -0.2) is 5.91 Å². The standard InChI is InChI=1S/C10H11N2O/c11-10(13)9-8-4-2-1-3-7(8)5-6-12-9/h1-4,6,9,12H,5H2,(H2,11,13). The van der Waals surface area contributed by atoms with Crippen molar-refractivity contribution in [2.75, 3.05) is 0 Å². The number of carbonyl (C=O) groups excluding carboxylic acids is 1. The number of nitrogens with one attached hydrogen (secondary N) is 1. The summed E-state index contributed by atoms with van der Waals surface area (Å²) in [5.41, 5.74) is 7.43. The minimum absolute atomic E-state index is 0.330. The first-order valence-corrected chi connectivity index (χ1v) is 4.24. The van der Waals surface area contributed by atoms with Crippen LogP contribution < -0.4 is 11.1 Å². The number of primary amides is 1. The molecule has 0 aliphatic carbocycles. The van der Waals surface area contributed by atoms with Gasteiger partial charge in [-0.3, -0.25) is 10.1 Å². The molecular weight excluding hydrogens is 164 g/mol. The van der Waals surface area contributed by atoms with Gasteiger partial charge in [0.1, 0.15) is 6.04 Å². The van der Waals surface area contributed by atoms with Crippen LogP contribution in [0.15, 0.2) is 24.3 Å². The lowest BCUT2D eigenvalue weighted by Gasteiger charge is -2.23. The Morgan fingerprint density at radius 2 is 2.23 bits per heavy atom. The third-order valence-corrected chi connectivity index (χ3v) is 2.26. The minimum Gasteiger partial charge on any atom is -0.368 e. The quantitative estimate of drug-likeness (QED) is 0.653. The first kappa shape index (κ1) is 8.26. The lowest BCUT2D eigenvalue weighted by molar-refractivity contribution is -0.120. The van der Waals surface area contributed by atoms with Crippen LogP contribution in [0.25, 0.3) is 0 Å². The van der Waals surface area contributed by atoms with Gasteiger partial charge in [0, 0.05) is 6.54 Å². The molecule has 3 N–H and O–H groups in total. The van der Waals surface area contributed by atoms with Gasteiger partial charge in [-0.15, -0.1) is 0 Å². The average Bonchev–Trinajstić information content (AvgIpc) is 2.17. The lowest BCUT2D eigenvalue weighted by Crippen LogP contribution is -2.36. The Morgan fingerprint density at radius 3 is 3.00 bits per heavy atom. The van der Waals surface area contributed by atoms with Crippen molar-refractivity contribution >= 4 is 5.91 Å². The van der Waals surface area contributed by atoms with E-state index in [4.69, 9.17) is 5.73 Å². The summed E-state index contributed by atoms with van der Waals surface area (Å²) in [5, 5.41) is 2.98. The topological polar surface area (TPSA) is 55.1 Å². The van der Waals surface area contributed by atoms with E-state index in [1.807, 2.05) is 30.8 Å². The molecule has 3 heteroatoms. The highest BCUT2D eigenvalue weighted by molar-refractivity contribution is 5.82. The molecule has 0 fully saturated rings. The molecule has 0 bridgehead atoms. The number of amides is 1. The highest BCUT2D eigenvalue weighted by atomic mass is 16.1. The summed E-state index contributed by atoms with van der Waals surface area (Å²) in [4.78, 5) is 11.1. The van der Waals surface area contributed by atoms with Crippen molar-refractivity contribution in [1.29, 1.82) is 0 Å². The van der Waals surface area contributed by atoms with Crippen LogP contribution in [0.5, 0.6) is 0 Å². The van der Waals surface area contributed by atoms with E-state index < -0.39 is 0 Å². The monoisotopic (exact) mass is 175 g/mol. The van der Waals surface area contributed by atoms with Crippen molar-refractivity contribution in [1.82, 2.24) is 5.32 Å². The highest BCUT2D eigenvalue weighted by Crippen LogP contribution is 2.23. The van der Waals surface area contributed by atoms with Crippen LogP contribution in [-0.2, 0) is 11.2 Å². The predicted octanol–water partition coefficient (Wildman–Crippen LogP) is 0.520. The summed E-state index contributed by atoms with van der Waals surface area (Å²) >= 11 is 0. The van der Waals surface area contributed by atoms with Crippen molar-refractivity contribution in [2.24, 2.45) is 5.73 Å². The molecule has 0 saturated carbocycles. The van der Waals surface area contributed by atoms with E-state index in [0.29, 0.717) is 0 Å². The van der Waals surface area contributed by atoms with Gasteiger partial charge in [0.15, 0.2) is 0 Å². The number of nitrogens with two attached hydrogens (primary N) is 1. The van der Waals surface area contributed by atoms with Crippen LogP contribution in [0.4, 0.5) is 0 Å². The molecule has 13 heavy (non-hydrogen) atoms. The van der Waals surface area contributed by atoms with Gasteiger partial charge in [-0.2, -0.15) is 0 Å². The van der Waals surface area contributed by atoms with Gasteiger partial charge in [-0.25, -0.2) is 0 Å². The Morgan fingerprint density at radius 1 is 1.46 bits per heavy atom. The number of fused-ring (bicyclic) bond motifs is 1. The molecule has 1 aromatic carbocycles. The molecule has 1 aromatic rings. The predicted molar refractivity (Wildman–Crippen MR) is 49.5 cm³/mol. The summed E-state index contributed by atoms with van der Waals surface area (Å²) in [6.45, 7) is 1.87. The maximum absolute atomic E-state index is 11.1. The van der Waals surface area contributed by atoms with E-state index in [0.717, 1.165) is 12.0 Å². The van der Waals surface area contributed by atoms with Crippen molar-refractivity contribution in [3.05, 3.63) is 41.9 Å². The fraction of sp³-hybridized carbons (Fsp3) is 0.200. The molecule has 1 aliphatic heterocycles. The van der Waals surface area contributed by atoms with Crippen molar-refractivity contribution in [3.8, 4) is 0 Å². The van der Waals surface area contributed by atoms with E-state index in [-0.39, 0.29) is 11.9 Å². The van der Waals surface area contributed by atoms with Gasteiger partial charge < -0.3 is 5.73 Å². The fourth-order valence-corrected chi connectivity index (χ4v) is 1.61. The Balaban J connectivity index is 2.42. The zero-order chi connectivity index (χ0) is 9.26. The molecular formula is C10H11N2O. The zero-order valence-corrected chi connectivity index (χ0v) is 7.16. The molecule has 0 aromatic heterocycles. The number of hydrogen-bond donors (Lipinski definition) is 2. The number of benzene rings is 1. The van der Waals surface area contributed by atoms with E-state index in [2.05, 4.69) is 5.32 Å². The minimum atomic E-state index is -0.357. The smallest absolute Gasteiger partial charge is 0.239 e. The maximum atomic E-state index is 11.1. The van der Waals surface area contributed by atoms with Crippen molar-refractivity contribution in [3.63, 3.8) is 0 Å². The second-order valence-electron chi connectivity index (χ2n) is 3.11. The average molecular weight is 175 g/mol. The first-order chi connectivity index (χ1) is 6.29. The zero-order valence-electron chi connectivity index (χ0n) is 7.16. The molecule has 3 nitrogen and oxygen atoms in total. The van der Waals surface area contributed by atoms with Gasteiger partial charge in [-0.1, -0.05) is 24.3 Å². The third-order valence-electron chi connectivity index (χ3n) is 2.26. The Kier molecular flexibility index (Phi) is 2.02. The van der Waals surface area contributed by atoms with Gasteiger partial charge >= 0.3 is 0 Å². The van der Waals surface area contributed by atoms with E-state index in [1.165, 1.54) is 5.56 Å². The van der Waals surface area contributed by atoms with Crippen LogP contribution >= 0.6 is 0 Å². The number of carbonyl (C=O) groups is 1.